The van der Waals surface area contributed by atoms with Crippen LogP contribution in [0, 0.1) is 6.92 Å². The molecule has 2 aromatic carbocycles. The lowest BCUT2D eigenvalue weighted by Gasteiger charge is -2.23. The minimum Gasteiger partial charge on any atom is -0.497 e. The Kier molecular flexibility index (Phi) is 6.60. The molecule has 0 radical (unpaired) electrons. The molecule has 0 heterocycles. The summed E-state index contributed by atoms with van der Waals surface area (Å²) in [5, 5.41) is 2.84. The number of amides is 2. The largest absolute Gasteiger partial charge is 0.497 e. The zero-order valence-electron chi connectivity index (χ0n) is 15.5. The first kappa shape index (κ1) is 19.3. The summed E-state index contributed by atoms with van der Waals surface area (Å²) in [7, 11) is 3.06. The molecule has 0 spiro atoms. The van der Waals surface area contributed by atoms with Gasteiger partial charge in [0.2, 0.25) is 11.8 Å². The van der Waals surface area contributed by atoms with Crippen molar-refractivity contribution >= 4 is 17.5 Å². The van der Waals surface area contributed by atoms with E-state index in [0.29, 0.717) is 23.7 Å². The highest BCUT2D eigenvalue weighted by Gasteiger charge is 2.20. The van der Waals surface area contributed by atoms with Crippen molar-refractivity contribution in [1.82, 2.24) is 5.32 Å². The van der Waals surface area contributed by atoms with Gasteiger partial charge in [0.05, 0.1) is 19.9 Å². The summed E-state index contributed by atoms with van der Waals surface area (Å²) >= 11 is 0. The SMILES string of the molecule is COc1ccc(OC)c(N(CC(=O)NCc2cccc(C)c2)C(C)=O)c1. The highest BCUT2D eigenvalue weighted by atomic mass is 16.5. The lowest BCUT2D eigenvalue weighted by atomic mass is 10.1. The average Bonchev–Trinajstić information content (AvgIpc) is 2.63. The molecule has 0 atom stereocenters. The molecule has 0 aromatic heterocycles. The van der Waals surface area contributed by atoms with Gasteiger partial charge < -0.3 is 14.8 Å². The van der Waals surface area contributed by atoms with Gasteiger partial charge in [-0.1, -0.05) is 29.8 Å². The molecule has 2 amide bonds. The van der Waals surface area contributed by atoms with E-state index in [9.17, 15) is 9.59 Å². The standard InChI is InChI=1S/C20H24N2O4/c1-14-6-5-7-16(10-14)12-21-20(24)13-22(15(2)23)18-11-17(25-3)8-9-19(18)26-4/h5-11H,12-13H2,1-4H3,(H,21,24). The normalized spacial score (nSPS) is 10.2. The van der Waals surface area contributed by atoms with E-state index in [0.717, 1.165) is 11.1 Å². The number of anilines is 1. The van der Waals surface area contributed by atoms with E-state index in [1.165, 1.54) is 26.0 Å². The highest BCUT2D eigenvalue weighted by molar-refractivity contribution is 5.98. The second-order valence-corrected chi connectivity index (χ2v) is 5.91. The Hall–Kier alpha value is -3.02. The van der Waals surface area contributed by atoms with Crippen molar-refractivity contribution in [2.24, 2.45) is 0 Å². The van der Waals surface area contributed by atoms with Gasteiger partial charge in [0, 0.05) is 19.5 Å². The average molecular weight is 356 g/mol. The predicted octanol–water partition coefficient (Wildman–Crippen LogP) is 2.68. The molecule has 2 aromatic rings. The van der Waals surface area contributed by atoms with Crippen molar-refractivity contribution in [2.45, 2.75) is 20.4 Å². The summed E-state index contributed by atoms with van der Waals surface area (Å²) in [6, 6.07) is 13.0. The van der Waals surface area contributed by atoms with Gasteiger partial charge in [0.1, 0.15) is 18.0 Å². The van der Waals surface area contributed by atoms with Crippen LogP contribution in [0.2, 0.25) is 0 Å². The molecule has 6 heteroatoms. The Morgan fingerprint density at radius 1 is 1.08 bits per heavy atom. The summed E-state index contributed by atoms with van der Waals surface area (Å²) in [5.41, 5.74) is 2.62. The summed E-state index contributed by atoms with van der Waals surface area (Å²) < 4.78 is 10.5. The number of methoxy groups -OCH3 is 2. The first-order chi connectivity index (χ1) is 12.4. The number of nitrogens with zero attached hydrogens (tertiary/aromatic N) is 1. The fraction of sp³-hybridized carbons (Fsp3) is 0.300. The summed E-state index contributed by atoms with van der Waals surface area (Å²) in [5.74, 6) is 0.550. The lowest BCUT2D eigenvalue weighted by molar-refractivity contribution is -0.123. The van der Waals surface area contributed by atoms with E-state index in [1.54, 1.807) is 18.2 Å². The van der Waals surface area contributed by atoms with E-state index in [-0.39, 0.29) is 18.4 Å². The molecule has 2 rings (SSSR count). The van der Waals surface area contributed by atoms with Crippen LogP contribution in [-0.4, -0.2) is 32.6 Å². The Morgan fingerprint density at radius 3 is 2.46 bits per heavy atom. The molecule has 0 fully saturated rings. The zero-order chi connectivity index (χ0) is 19.1. The van der Waals surface area contributed by atoms with Crippen LogP contribution in [0.5, 0.6) is 11.5 Å². The lowest BCUT2D eigenvalue weighted by Crippen LogP contribution is -2.39. The van der Waals surface area contributed by atoms with Crippen LogP contribution in [-0.2, 0) is 16.1 Å². The van der Waals surface area contributed by atoms with Gasteiger partial charge in [-0.2, -0.15) is 0 Å². The number of ether oxygens (including phenoxy) is 2. The van der Waals surface area contributed by atoms with Crippen molar-refractivity contribution in [3.63, 3.8) is 0 Å². The molecule has 0 aliphatic carbocycles. The molecule has 0 aliphatic heterocycles. The number of hydrogen-bond acceptors (Lipinski definition) is 4. The van der Waals surface area contributed by atoms with E-state index in [4.69, 9.17) is 9.47 Å². The minimum absolute atomic E-state index is 0.106. The van der Waals surface area contributed by atoms with Crippen molar-refractivity contribution < 1.29 is 19.1 Å². The number of hydrogen-bond donors (Lipinski definition) is 1. The molecule has 0 bridgehead atoms. The number of carbonyl (C=O) groups excluding carboxylic acids is 2. The van der Waals surface area contributed by atoms with Gasteiger partial charge in [-0.25, -0.2) is 0 Å². The van der Waals surface area contributed by atoms with Crippen molar-refractivity contribution in [1.29, 1.82) is 0 Å². The van der Waals surface area contributed by atoms with Gasteiger partial charge in [0.15, 0.2) is 0 Å². The number of benzene rings is 2. The topological polar surface area (TPSA) is 67.9 Å². The van der Waals surface area contributed by atoms with Crippen LogP contribution in [0.3, 0.4) is 0 Å². The van der Waals surface area contributed by atoms with Crippen LogP contribution < -0.4 is 19.7 Å². The maximum Gasteiger partial charge on any atom is 0.240 e. The minimum atomic E-state index is -0.262. The Morgan fingerprint density at radius 2 is 1.85 bits per heavy atom. The molecular weight excluding hydrogens is 332 g/mol. The third-order valence-corrected chi connectivity index (χ3v) is 3.93. The number of nitrogens with one attached hydrogen (secondary N) is 1. The third kappa shape index (κ3) is 4.99. The van der Waals surface area contributed by atoms with Crippen molar-refractivity contribution in [3.05, 3.63) is 53.6 Å². The van der Waals surface area contributed by atoms with Gasteiger partial charge >= 0.3 is 0 Å². The maximum atomic E-state index is 12.4. The van der Waals surface area contributed by atoms with Gasteiger partial charge in [-0.05, 0) is 24.6 Å². The van der Waals surface area contributed by atoms with Crippen molar-refractivity contribution in [3.8, 4) is 11.5 Å². The predicted molar refractivity (Wildman–Crippen MR) is 101 cm³/mol. The molecule has 26 heavy (non-hydrogen) atoms. The van der Waals surface area contributed by atoms with E-state index >= 15 is 0 Å². The molecule has 6 nitrogen and oxygen atoms in total. The summed E-state index contributed by atoms with van der Waals surface area (Å²) in [6.07, 6.45) is 0. The van der Waals surface area contributed by atoms with E-state index in [2.05, 4.69) is 5.32 Å². The fourth-order valence-corrected chi connectivity index (χ4v) is 2.60. The summed E-state index contributed by atoms with van der Waals surface area (Å²) in [4.78, 5) is 25.9. The van der Waals surface area contributed by atoms with Crippen LogP contribution in [0.1, 0.15) is 18.1 Å². The second-order valence-electron chi connectivity index (χ2n) is 5.91. The number of carbonyl (C=O) groups is 2. The Labute approximate surface area is 153 Å². The van der Waals surface area contributed by atoms with E-state index in [1.807, 2.05) is 31.2 Å². The monoisotopic (exact) mass is 356 g/mol. The number of aryl methyl sites for hydroxylation is 1. The fourth-order valence-electron chi connectivity index (χ4n) is 2.60. The zero-order valence-corrected chi connectivity index (χ0v) is 15.5. The van der Waals surface area contributed by atoms with Gasteiger partial charge in [-0.3, -0.25) is 14.5 Å². The van der Waals surface area contributed by atoms with Crippen LogP contribution in [0.25, 0.3) is 0 Å². The molecule has 138 valence electrons. The Balaban J connectivity index is 2.13. The Bertz CT molecular complexity index is 789. The molecule has 0 unspecified atom stereocenters. The van der Waals surface area contributed by atoms with E-state index < -0.39 is 0 Å². The molecule has 1 N–H and O–H groups in total. The quantitative estimate of drug-likeness (QED) is 0.828. The first-order valence-corrected chi connectivity index (χ1v) is 8.27. The highest BCUT2D eigenvalue weighted by Crippen LogP contribution is 2.32. The van der Waals surface area contributed by atoms with Crippen molar-refractivity contribution in [2.75, 3.05) is 25.7 Å². The van der Waals surface area contributed by atoms with Crippen LogP contribution in [0.15, 0.2) is 42.5 Å². The molecule has 0 saturated carbocycles. The van der Waals surface area contributed by atoms with Gasteiger partial charge in [0.25, 0.3) is 0 Å². The van der Waals surface area contributed by atoms with Crippen LogP contribution in [0.4, 0.5) is 5.69 Å². The molecule has 0 aliphatic rings. The maximum absolute atomic E-state index is 12.4. The molecule has 0 saturated heterocycles. The molecular formula is C20H24N2O4. The van der Waals surface area contributed by atoms with Gasteiger partial charge in [-0.15, -0.1) is 0 Å². The van der Waals surface area contributed by atoms with Crippen LogP contribution >= 0.6 is 0 Å². The summed E-state index contributed by atoms with van der Waals surface area (Å²) in [6.45, 7) is 3.71. The second kappa shape index (κ2) is 8.89. The number of rotatable bonds is 7. The third-order valence-electron chi connectivity index (χ3n) is 3.93. The smallest absolute Gasteiger partial charge is 0.240 e. The first-order valence-electron chi connectivity index (χ1n) is 8.27.